The number of rotatable bonds is 4. The molecule has 0 amide bonds. The monoisotopic (exact) mass is 432 g/mol. The van der Waals surface area contributed by atoms with Crippen molar-refractivity contribution in [1.29, 1.82) is 0 Å². The minimum absolute atomic E-state index is 0.0952. The van der Waals surface area contributed by atoms with Crippen LogP contribution in [0.25, 0.3) is 22.3 Å². The highest BCUT2D eigenvalue weighted by molar-refractivity contribution is 5.88. The lowest BCUT2D eigenvalue weighted by Crippen LogP contribution is -2.60. The minimum atomic E-state index is -1.66. The normalized spacial score (nSPS) is 26.1. The van der Waals surface area contributed by atoms with Crippen molar-refractivity contribution >= 4 is 11.0 Å². The molecular weight excluding hydrogens is 412 g/mol. The topological polar surface area (TPSA) is 170 Å². The maximum Gasteiger partial charge on any atom is 0.238 e. The zero-order valence-corrected chi connectivity index (χ0v) is 16.0. The van der Waals surface area contributed by atoms with E-state index in [-0.39, 0.29) is 22.5 Å². The van der Waals surface area contributed by atoms with Crippen molar-refractivity contribution in [3.05, 3.63) is 52.7 Å². The summed E-state index contributed by atoms with van der Waals surface area (Å²) in [6.45, 7) is -0.637. The predicted molar refractivity (Wildman–Crippen MR) is 106 cm³/mol. The predicted octanol–water partition coefficient (Wildman–Crippen LogP) is 0.0499. The van der Waals surface area contributed by atoms with Crippen LogP contribution in [-0.2, 0) is 4.74 Å². The number of hydrogen-bond acceptors (Lipinski definition) is 10. The van der Waals surface area contributed by atoms with Gasteiger partial charge in [-0.15, -0.1) is 0 Å². The van der Waals surface area contributed by atoms with Crippen molar-refractivity contribution in [3.63, 3.8) is 0 Å². The lowest BCUT2D eigenvalue weighted by Gasteiger charge is -2.39. The zero-order valence-electron chi connectivity index (χ0n) is 16.0. The van der Waals surface area contributed by atoms with Crippen LogP contribution in [0, 0.1) is 0 Å². The Labute approximate surface area is 174 Å². The van der Waals surface area contributed by atoms with Crippen molar-refractivity contribution in [2.45, 2.75) is 30.7 Å². The number of phenols is 1. The molecule has 1 saturated heterocycles. The molecule has 1 aliphatic heterocycles. The Morgan fingerprint density at radius 2 is 1.68 bits per heavy atom. The molecule has 0 radical (unpaired) electrons. The summed E-state index contributed by atoms with van der Waals surface area (Å²) in [5.41, 5.74) is -0.531. The SMILES string of the molecule is O=c1c(O)c(-c2ccccc2)oc2cc(O[C@@H]3OC(CO)[C@@H](O)[C@H](O)C3O)cc(O)c12. The van der Waals surface area contributed by atoms with E-state index in [1.165, 1.54) is 6.07 Å². The van der Waals surface area contributed by atoms with E-state index < -0.39 is 54.2 Å². The van der Waals surface area contributed by atoms with Crippen molar-refractivity contribution in [3.8, 4) is 28.6 Å². The fourth-order valence-electron chi connectivity index (χ4n) is 3.42. The van der Waals surface area contributed by atoms with Crippen LogP contribution in [0.15, 0.2) is 51.7 Å². The largest absolute Gasteiger partial charge is 0.507 e. The van der Waals surface area contributed by atoms with Crippen LogP contribution >= 0.6 is 0 Å². The molecule has 0 spiro atoms. The maximum absolute atomic E-state index is 12.6. The van der Waals surface area contributed by atoms with Gasteiger partial charge in [0.2, 0.25) is 17.5 Å². The number of benzene rings is 2. The first-order valence-electron chi connectivity index (χ1n) is 9.37. The second kappa shape index (κ2) is 8.17. The Balaban J connectivity index is 1.75. The first kappa shape index (κ1) is 21.1. The summed E-state index contributed by atoms with van der Waals surface area (Å²) in [6, 6.07) is 10.7. The smallest absolute Gasteiger partial charge is 0.238 e. The molecule has 0 aliphatic carbocycles. The summed E-state index contributed by atoms with van der Waals surface area (Å²) in [7, 11) is 0. The molecule has 0 saturated carbocycles. The molecule has 10 nitrogen and oxygen atoms in total. The fourth-order valence-corrected chi connectivity index (χ4v) is 3.42. The number of fused-ring (bicyclic) bond motifs is 1. The van der Waals surface area contributed by atoms with Crippen molar-refractivity contribution < 1.29 is 44.5 Å². The van der Waals surface area contributed by atoms with Crippen LogP contribution < -0.4 is 10.2 Å². The van der Waals surface area contributed by atoms with Gasteiger partial charge in [0.15, 0.2) is 5.76 Å². The molecule has 10 heteroatoms. The van der Waals surface area contributed by atoms with Crippen LogP contribution in [0.4, 0.5) is 0 Å². The van der Waals surface area contributed by atoms with Gasteiger partial charge in [-0.3, -0.25) is 4.79 Å². The average molecular weight is 432 g/mol. The van der Waals surface area contributed by atoms with Crippen molar-refractivity contribution in [2.75, 3.05) is 6.61 Å². The van der Waals surface area contributed by atoms with E-state index in [0.717, 1.165) is 6.07 Å². The molecule has 1 fully saturated rings. The van der Waals surface area contributed by atoms with Crippen molar-refractivity contribution in [1.82, 2.24) is 0 Å². The number of hydrogen-bond donors (Lipinski definition) is 6. The van der Waals surface area contributed by atoms with Gasteiger partial charge >= 0.3 is 0 Å². The molecule has 1 aliphatic rings. The highest BCUT2D eigenvalue weighted by Gasteiger charge is 2.44. The van der Waals surface area contributed by atoms with Crippen molar-refractivity contribution in [2.24, 2.45) is 0 Å². The van der Waals surface area contributed by atoms with Gasteiger partial charge in [-0.1, -0.05) is 30.3 Å². The summed E-state index contributed by atoms with van der Waals surface area (Å²) >= 11 is 0. The fraction of sp³-hybridized carbons (Fsp3) is 0.286. The molecule has 5 atom stereocenters. The molecule has 164 valence electrons. The molecule has 4 rings (SSSR count). The molecule has 2 aromatic carbocycles. The molecule has 1 aromatic heterocycles. The van der Waals surface area contributed by atoms with E-state index in [2.05, 4.69) is 0 Å². The third kappa shape index (κ3) is 3.71. The second-order valence-corrected chi connectivity index (χ2v) is 7.11. The highest BCUT2D eigenvalue weighted by Crippen LogP contribution is 2.36. The lowest BCUT2D eigenvalue weighted by molar-refractivity contribution is -0.277. The van der Waals surface area contributed by atoms with Gasteiger partial charge in [-0.2, -0.15) is 0 Å². The Morgan fingerprint density at radius 1 is 0.968 bits per heavy atom. The summed E-state index contributed by atoms with van der Waals surface area (Å²) in [4.78, 5) is 12.6. The molecule has 3 aromatic rings. The number of aromatic hydroxyl groups is 2. The van der Waals surface area contributed by atoms with Gasteiger partial charge in [-0.05, 0) is 0 Å². The zero-order chi connectivity index (χ0) is 22.3. The quantitative estimate of drug-likeness (QED) is 0.331. The average Bonchev–Trinajstić information content (AvgIpc) is 2.77. The highest BCUT2D eigenvalue weighted by atomic mass is 16.7. The summed E-state index contributed by atoms with van der Waals surface area (Å²) in [5.74, 6) is -1.43. The van der Waals surface area contributed by atoms with E-state index >= 15 is 0 Å². The molecule has 2 unspecified atom stereocenters. The molecule has 31 heavy (non-hydrogen) atoms. The van der Waals surface area contributed by atoms with Crippen LogP contribution in [0.1, 0.15) is 0 Å². The Morgan fingerprint density at radius 3 is 2.35 bits per heavy atom. The minimum Gasteiger partial charge on any atom is -0.507 e. The number of phenolic OH excluding ortho intramolecular Hbond substituents is 1. The molecule has 0 bridgehead atoms. The summed E-state index contributed by atoms with van der Waals surface area (Å²) in [6.07, 6.45) is -7.55. The van der Waals surface area contributed by atoms with Gasteiger partial charge in [0.1, 0.15) is 46.9 Å². The van der Waals surface area contributed by atoms with Gasteiger partial charge in [-0.25, -0.2) is 0 Å². The summed E-state index contributed by atoms with van der Waals surface area (Å²) in [5, 5.41) is 59.5. The molecular formula is C21H20O10. The third-order valence-electron chi connectivity index (χ3n) is 5.06. The maximum atomic E-state index is 12.6. The van der Waals surface area contributed by atoms with Gasteiger partial charge in [0, 0.05) is 17.7 Å². The van der Waals surface area contributed by atoms with E-state index in [9.17, 15) is 35.4 Å². The van der Waals surface area contributed by atoms with E-state index in [1.807, 2.05) is 0 Å². The standard InChI is InChI=1S/C21H20O10/c22-8-13-15(24)17(26)19(28)21(31-13)29-10-6-11(23)14-12(7-10)30-20(18(27)16(14)25)9-4-2-1-3-5-9/h1-7,13,15,17,19,21-24,26-28H,8H2/t13?,15-,17+,19?,21-/m1/s1. The molecule has 2 heterocycles. The Kier molecular flexibility index (Phi) is 5.56. The first-order chi connectivity index (χ1) is 14.8. The van der Waals surface area contributed by atoms with Crippen LogP contribution in [0.2, 0.25) is 0 Å². The number of ether oxygens (including phenoxy) is 2. The Bertz CT molecular complexity index is 1140. The van der Waals surface area contributed by atoms with Gasteiger partial charge in [0.05, 0.1) is 6.61 Å². The van der Waals surface area contributed by atoms with E-state index in [0.29, 0.717) is 5.56 Å². The van der Waals surface area contributed by atoms with Crippen LogP contribution in [-0.4, -0.2) is 68.0 Å². The Hall–Kier alpha value is -3.15. The number of aliphatic hydroxyl groups is 4. The van der Waals surface area contributed by atoms with Crippen LogP contribution in [0.3, 0.4) is 0 Å². The van der Waals surface area contributed by atoms with E-state index in [1.54, 1.807) is 30.3 Å². The van der Waals surface area contributed by atoms with Gasteiger partial charge in [0.25, 0.3) is 0 Å². The second-order valence-electron chi connectivity index (χ2n) is 7.11. The number of aliphatic hydroxyl groups excluding tert-OH is 4. The van der Waals surface area contributed by atoms with Crippen LogP contribution in [0.5, 0.6) is 17.2 Å². The van der Waals surface area contributed by atoms with E-state index in [4.69, 9.17) is 13.9 Å². The van der Waals surface area contributed by atoms with Gasteiger partial charge < -0.3 is 44.5 Å². The molecule has 6 N–H and O–H groups in total. The third-order valence-corrected chi connectivity index (χ3v) is 5.06. The first-order valence-corrected chi connectivity index (χ1v) is 9.37. The summed E-state index contributed by atoms with van der Waals surface area (Å²) < 4.78 is 16.4. The lowest BCUT2D eigenvalue weighted by atomic mass is 9.99.